The fourth-order valence-corrected chi connectivity index (χ4v) is 2.46. The molecule has 0 aliphatic heterocycles. The lowest BCUT2D eigenvalue weighted by Gasteiger charge is -2.35. The zero-order valence-electron chi connectivity index (χ0n) is 11.9. The van der Waals surface area contributed by atoms with Crippen molar-refractivity contribution in [1.29, 1.82) is 0 Å². The fraction of sp³-hybridized carbons (Fsp3) is 0.769. The van der Waals surface area contributed by atoms with Gasteiger partial charge in [0, 0.05) is 30.7 Å². The highest BCUT2D eigenvalue weighted by Crippen LogP contribution is 2.29. The zero-order chi connectivity index (χ0) is 13.1. The van der Waals surface area contributed by atoms with Gasteiger partial charge >= 0.3 is 0 Å². The standard InChI is InChI=1S/C13H25N3S/c1-7-14-8-11-9-15-12(17-11)16(6)10(2)13(3,4)5/h9-10,14H,7-8H2,1-6H3. The molecule has 0 saturated heterocycles. The summed E-state index contributed by atoms with van der Waals surface area (Å²) in [5, 5.41) is 4.44. The smallest absolute Gasteiger partial charge is 0.185 e. The Morgan fingerprint density at radius 3 is 2.65 bits per heavy atom. The second kappa shape index (κ2) is 5.83. The minimum absolute atomic E-state index is 0.266. The summed E-state index contributed by atoms with van der Waals surface area (Å²) in [6, 6.07) is 0.473. The molecule has 1 atom stereocenters. The number of aromatic nitrogens is 1. The van der Waals surface area contributed by atoms with Crippen molar-refractivity contribution in [2.24, 2.45) is 5.41 Å². The normalized spacial score (nSPS) is 13.8. The summed E-state index contributed by atoms with van der Waals surface area (Å²) in [4.78, 5) is 8.09. The Bertz CT molecular complexity index is 341. The van der Waals surface area contributed by atoms with Gasteiger partial charge in [-0.3, -0.25) is 0 Å². The summed E-state index contributed by atoms with van der Waals surface area (Å²) in [6.07, 6.45) is 1.98. The molecule has 17 heavy (non-hydrogen) atoms. The molecule has 0 aromatic carbocycles. The van der Waals surface area contributed by atoms with Crippen LogP contribution in [0.15, 0.2) is 6.20 Å². The van der Waals surface area contributed by atoms with Crippen molar-refractivity contribution in [3.63, 3.8) is 0 Å². The Morgan fingerprint density at radius 2 is 2.12 bits per heavy atom. The average Bonchev–Trinajstić information content (AvgIpc) is 2.71. The van der Waals surface area contributed by atoms with Crippen molar-refractivity contribution in [1.82, 2.24) is 10.3 Å². The summed E-state index contributed by atoms with van der Waals surface area (Å²) in [6.45, 7) is 13.1. The molecule has 0 radical (unpaired) electrons. The average molecular weight is 255 g/mol. The second-order valence-corrected chi connectivity index (χ2v) is 6.64. The molecular weight excluding hydrogens is 230 g/mol. The van der Waals surface area contributed by atoms with E-state index in [1.165, 1.54) is 4.88 Å². The van der Waals surface area contributed by atoms with Crippen LogP contribution in [0.1, 0.15) is 39.5 Å². The molecule has 0 aliphatic rings. The SMILES string of the molecule is CCNCc1cnc(N(C)C(C)C(C)(C)C)s1. The van der Waals surface area contributed by atoms with Crippen LogP contribution in [-0.4, -0.2) is 24.6 Å². The van der Waals surface area contributed by atoms with Crippen molar-refractivity contribution >= 4 is 16.5 Å². The van der Waals surface area contributed by atoms with E-state index < -0.39 is 0 Å². The Hall–Kier alpha value is -0.610. The van der Waals surface area contributed by atoms with Gasteiger partial charge in [0.15, 0.2) is 5.13 Å². The number of rotatable bonds is 5. The third kappa shape index (κ3) is 3.96. The lowest BCUT2D eigenvalue weighted by Crippen LogP contribution is -2.39. The van der Waals surface area contributed by atoms with Crippen molar-refractivity contribution in [3.05, 3.63) is 11.1 Å². The predicted octanol–water partition coefficient (Wildman–Crippen LogP) is 3.12. The second-order valence-electron chi connectivity index (χ2n) is 5.54. The monoisotopic (exact) mass is 255 g/mol. The van der Waals surface area contributed by atoms with Crippen molar-refractivity contribution in [2.75, 3.05) is 18.5 Å². The molecule has 1 aromatic rings. The third-order valence-corrected chi connectivity index (χ3v) is 4.31. The molecule has 1 N–H and O–H groups in total. The van der Waals surface area contributed by atoms with E-state index in [-0.39, 0.29) is 5.41 Å². The molecular formula is C13H25N3S. The summed E-state index contributed by atoms with van der Waals surface area (Å²) < 4.78 is 0. The Labute approximate surface area is 109 Å². The first kappa shape index (κ1) is 14.5. The highest BCUT2D eigenvalue weighted by molar-refractivity contribution is 7.15. The van der Waals surface area contributed by atoms with E-state index in [9.17, 15) is 0 Å². The van der Waals surface area contributed by atoms with E-state index in [2.05, 4.69) is 56.9 Å². The van der Waals surface area contributed by atoms with Crippen LogP contribution in [0.25, 0.3) is 0 Å². The van der Waals surface area contributed by atoms with E-state index in [1.54, 1.807) is 11.3 Å². The van der Waals surface area contributed by atoms with Gasteiger partial charge in [0.25, 0.3) is 0 Å². The molecule has 0 spiro atoms. The Balaban J connectivity index is 2.69. The molecule has 0 fully saturated rings. The predicted molar refractivity (Wildman–Crippen MR) is 76.8 cm³/mol. The van der Waals surface area contributed by atoms with E-state index in [1.807, 2.05) is 6.20 Å². The van der Waals surface area contributed by atoms with Crippen LogP contribution < -0.4 is 10.2 Å². The van der Waals surface area contributed by atoms with Gasteiger partial charge in [0.2, 0.25) is 0 Å². The largest absolute Gasteiger partial charge is 0.348 e. The van der Waals surface area contributed by atoms with Gasteiger partial charge in [0.05, 0.1) is 0 Å². The van der Waals surface area contributed by atoms with E-state index in [0.29, 0.717) is 6.04 Å². The van der Waals surface area contributed by atoms with Crippen molar-refractivity contribution in [3.8, 4) is 0 Å². The molecule has 98 valence electrons. The van der Waals surface area contributed by atoms with Crippen LogP contribution in [0.4, 0.5) is 5.13 Å². The molecule has 0 amide bonds. The number of anilines is 1. The molecule has 1 heterocycles. The van der Waals surface area contributed by atoms with Crippen LogP contribution in [0.5, 0.6) is 0 Å². The number of hydrogen-bond donors (Lipinski definition) is 1. The third-order valence-electron chi connectivity index (χ3n) is 3.23. The number of nitrogens with one attached hydrogen (secondary N) is 1. The highest BCUT2D eigenvalue weighted by atomic mass is 32.1. The molecule has 1 aromatic heterocycles. The lowest BCUT2D eigenvalue weighted by atomic mass is 9.87. The van der Waals surface area contributed by atoms with Gasteiger partial charge < -0.3 is 10.2 Å². The maximum atomic E-state index is 4.51. The Kier molecular flexibility index (Phi) is 4.95. The minimum Gasteiger partial charge on any atom is -0.348 e. The molecule has 0 aliphatic carbocycles. The van der Waals surface area contributed by atoms with Gasteiger partial charge in [-0.1, -0.05) is 27.7 Å². The van der Waals surface area contributed by atoms with Gasteiger partial charge in [-0.25, -0.2) is 4.98 Å². The lowest BCUT2D eigenvalue weighted by molar-refractivity contribution is 0.329. The fourth-order valence-electron chi connectivity index (χ4n) is 1.54. The number of hydrogen-bond acceptors (Lipinski definition) is 4. The van der Waals surface area contributed by atoms with Gasteiger partial charge in [0.1, 0.15) is 0 Å². The van der Waals surface area contributed by atoms with Crippen LogP contribution in [0.3, 0.4) is 0 Å². The number of thiazole rings is 1. The zero-order valence-corrected chi connectivity index (χ0v) is 12.7. The molecule has 3 nitrogen and oxygen atoms in total. The van der Waals surface area contributed by atoms with Crippen LogP contribution in [0.2, 0.25) is 0 Å². The maximum Gasteiger partial charge on any atom is 0.185 e. The summed E-state index contributed by atoms with van der Waals surface area (Å²) >= 11 is 1.78. The van der Waals surface area contributed by atoms with Gasteiger partial charge in [-0.05, 0) is 18.9 Å². The quantitative estimate of drug-likeness (QED) is 0.876. The minimum atomic E-state index is 0.266. The van der Waals surface area contributed by atoms with Crippen molar-refractivity contribution < 1.29 is 0 Å². The maximum absolute atomic E-state index is 4.51. The van der Waals surface area contributed by atoms with Crippen molar-refractivity contribution in [2.45, 2.75) is 47.2 Å². The van der Waals surface area contributed by atoms with Crippen LogP contribution >= 0.6 is 11.3 Å². The highest BCUT2D eigenvalue weighted by Gasteiger charge is 2.25. The summed E-state index contributed by atoms with van der Waals surface area (Å²) in [5.41, 5.74) is 0.266. The van der Waals surface area contributed by atoms with E-state index in [4.69, 9.17) is 0 Å². The van der Waals surface area contributed by atoms with Gasteiger partial charge in [-0.2, -0.15) is 0 Å². The van der Waals surface area contributed by atoms with E-state index >= 15 is 0 Å². The molecule has 1 unspecified atom stereocenters. The first-order valence-corrected chi connectivity index (χ1v) is 7.06. The van der Waals surface area contributed by atoms with E-state index in [0.717, 1.165) is 18.2 Å². The first-order valence-electron chi connectivity index (χ1n) is 6.24. The van der Waals surface area contributed by atoms with Gasteiger partial charge in [-0.15, -0.1) is 11.3 Å². The molecule has 0 bridgehead atoms. The Morgan fingerprint density at radius 1 is 1.47 bits per heavy atom. The molecule has 0 saturated carbocycles. The number of nitrogens with zero attached hydrogens (tertiary/aromatic N) is 2. The van der Waals surface area contributed by atoms with Crippen LogP contribution in [-0.2, 0) is 6.54 Å². The molecule has 4 heteroatoms. The summed E-state index contributed by atoms with van der Waals surface area (Å²) in [7, 11) is 2.13. The first-order chi connectivity index (χ1) is 7.86. The summed E-state index contributed by atoms with van der Waals surface area (Å²) in [5.74, 6) is 0. The van der Waals surface area contributed by atoms with Crippen LogP contribution in [0, 0.1) is 5.41 Å². The molecule has 1 rings (SSSR count). The topological polar surface area (TPSA) is 28.2 Å².